The van der Waals surface area contributed by atoms with Gasteiger partial charge >= 0.3 is 5.97 Å². The molecule has 0 aliphatic carbocycles. The van der Waals surface area contributed by atoms with Crippen molar-refractivity contribution in [3.05, 3.63) is 367 Å². The normalized spacial score (nSPS) is 9.45. The number of aliphatic hydroxyl groups excluding tert-OH is 8. The van der Waals surface area contributed by atoms with Crippen LogP contribution in [0, 0.1) is 0 Å². The smallest absolute Gasteiger partial charge is 0.307 e. The van der Waals surface area contributed by atoms with Crippen molar-refractivity contribution < 1.29 is 96.7 Å². The summed E-state index contributed by atoms with van der Waals surface area (Å²) in [7, 11) is 0. The van der Waals surface area contributed by atoms with Gasteiger partial charge in [-0.15, -0.1) is 0 Å². The molecule has 19 nitrogen and oxygen atoms in total. The van der Waals surface area contributed by atoms with Crippen LogP contribution in [-0.4, -0.2) is 97.9 Å². The van der Waals surface area contributed by atoms with E-state index in [9.17, 15) is 4.79 Å². The van der Waals surface area contributed by atoms with E-state index in [2.05, 4.69) is 52.6 Å². The molecular weight excluding hydrogens is 1270 g/mol. The van der Waals surface area contributed by atoms with Gasteiger partial charge in [0.2, 0.25) is 0 Å². The van der Waals surface area contributed by atoms with Crippen molar-refractivity contribution >= 4 is 5.97 Å². The second-order valence-electron chi connectivity index (χ2n) is 21.5. The first-order valence-corrected chi connectivity index (χ1v) is 29.8. The van der Waals surface area contributed by atoms with Crippen molar-refractivity contribution in [2.24, 2.45) is 0 Å². The Balaban J connectivity index is 0.000000557. The Bertz CT molecular complexity index is 3060. The average molecular weight is 1360 g/mol. The number of carboxylic acids is 1. The lowest BCUT2D eigenvalue weighted by Gasteiger charge is -1.98. The summed E-state index contributed by atoms with van der Waals surface area (Å²) in [5.41, 5.74) is 8.21. The summed E-state index contributed by atoms with van der Waals surface area (Å²) in [6.45, 7) is 26.9. The number of phenols is 9. The number of hydrogen-bond donors (Lipinski definition) is 18. The van der Waals surface area contributed by atoms with E-state index in [1.807, 2.05) is 0 Å². The molecule has 9 aromatic rings. The van der Waals surface area contributed by atoms with Crippen LogP contribution in [0.15, 0.2) is 317 Å². The zero-order valence-corrected chi connectivity index (χ0v) is 54.8. The lowest BCUT2D eigenvalue weighted by atomic mass is 10.1. The molecule has 0 saturated carbocycles. The molecule has 0 radical (unpaired) electrons. The highest BCUT2D eigenvalue weighted by atomic mass is 18.2. The van der Waals surface area contributed by atoms with Crippen molar-refractivity contribution in [2.45, 2.75) is 57.8 Å². The third-order valence-electron chi connectivity index (χ3n) is 12.0. The fourth-order valence-corrected chi connectivity index (χ4v) is 7.58. The van der Waals surface area contributed by atoms with Crippen molar-refractivity contribution in [3.8, 4) is 51.7 Å². The molecule has 0 aliphatic heterocycles. The van der Waals surface area contributed by atoms with Gasteiger partial charge in [0.05, 0.1) is 52.5 Å². The molecule has 522 valence electrons. The Morgan fingerprint density at radius 1 is 0.222 bits per heavy atom. The fourth-order valence-electron chi connectivity index (χ4n) is 7.58. The van der Waals surface area contributed by atoms with Crippen LogP contribution in [-0.2, 0) is 62.6 Å². The highest BCUT2D eigenvalue weighted by Crippen LogP contribution is 2.18. The van der Waals surface area contributed by atoms with E-state index < -0.39 is 5.97 Å². The van der Waals surface area contributed by atoms with Gasteiger partial charge in [-0.25, -0.2) is 0 Å². The number of hydrogen-bond acceptors (Lipinski definition) is 18. The SMILES string of the molecule is C=C(O)Cc1ccc(O)cc1.C=C(O)Cc1ccc(O)cc1.C=C(O)Cc1ccc(O)cc1.C=C(O)Cc1ccc(O)cc1.C=C(O)Cc1ccc(O)cc1.C=C(O)Cc1ccc(O)cc1.C=C(O)Cc1ccc(O)cc1.C=C([18OH])Cc1ccc(O)cc1.O=C(O)Cc1ccc([18OH])cc1. The zero-order chi connectivity index (χ0) is 74.4. The zero-order valence-electron chi connectivity index (χ0n) is 54.8. The van der Waals surface area contributed by atoms with E-state index in [-0.39, 0.29) is 104 Å². The van der Waals surface area contributed by atoms with E-state index in [0.717, 1.165) is 44.5 Å². The number of aromatic hydroxyl groups is 9. The molecule has 0 aliphatic rings. The number of carbonyl (C=O) groups is 1. The first-order valence-electron chi connectivity index (χ1n) is 29.8. The van der Waals surface area contributed by atoms with Gasteiger partial charge in [0.15, 0.2) is 0 Å². The molecule has 0 unspecified atom stereocenters. The number of allylic oxidation sites excluding steroid dienone is 8. The molecule has 0 bridgehead atoms. The van der Waals surface area contributed by atoms with Crippen LogP contribution >= 0.6 is 0 Å². The second-order valence-corrected chi connectivity index (χ2v) is 21.5. The number of carboxylic acid groups (broad SMARTS) is 1. The first-order chi connectivity index (χ1) is 46.6. The van der Waals surface area contributed by atoms with Crippen LogP contribution in [0.1, 0.15) is 50.1 Å². The van der Waals surface area contributed by atoms with Crippen LogP contribution in [0.4, 0.5) is 0 Å². The van der Waals surface area contributed by atoms with Gasteiger partial charge in [0, 0.05) is 51.4 Å². The molecule has 0 fully saturated rings. The molecule has 19 heteroatoms. The summed E-state index contributed by atoms with van der Waals surface area (Å²) in [6, 6.07) is 59.4. The molecule has 0 atom stereocenters. The van der Waals surface area contributed by atoms with Crippen LogP contribution in [0.25, 0.3) is 0 Å². The summed E-state index contributed by atoms with van der Waals surface area (Å²) in [5.74, 6) is 2.23. The fraction of sp³-hybridized carbons (Fsp3) is 0.113. The summed E-state index contributed by atoms with van der Waals surface area (Å²) in [6.07, 6.45) is 3.56. The molecule has 9 aromatic carbocycles. The Kier molecular flexibility index (Phi) is 39.8. The van der Waals surface area contributed by atoms with Gasteiger partial charge in [0.1, 0.15) is 51.7 Å². The highest BCUT2D eigenvalue weighted by Gasteiger charge is 2.02. The third kappa shape index (κ3) is 45.8. The monoisotopic (exact) mass is 1360 g/mol. The van der Waals surface area contributed by atoms with Crippen LogP contribution < -0.4 is 0 Å². The van der Waals surface area contributed by atoms with E-state index >= 15 is 0 Å². The van der Waals surface area contributed by atoms with Crippen LogP contribution in [0.5, 0.6) is 51.7 Å². The maximum absolute atomic E-state index is 10.2. The minimum absolute atomic E-state index is 0.000278. The number of rotatable bonds is 18. The van der Waals surface area contributed by atoms with Crippen LogP contribution in [0.2, 0.25) is 0 Å². The van der Waals surface area contributed by atoms with E-state index in [0.29, 0.717) is 56.9 Å². The van der Waals surface area contributed by atoms with Gasteiger partial charge in [-0.1, -0.05) is 162 Å². The van der Waals surface area contributed by atoms with E-state index in [4.69, 9.17) is 91.9 Å². The molecule has 0 aromatic heterocycles. The molecule has 0 amide bonds. The molecule has 18 N–H and O–H groups in total. The number of benzene rings is 9. The largest absolute Gasteiger partial charge is 0.513 e. The van der Waals surface area contributed by atoms with Gasteiger partial charge in [-0.2, -0.15) is 0 Å². The quantitative estimate of drug-likeness (QED) is 0.0280. The maximum Gasteiger partial charge on any atom is 0.307 e. The minimum atomic E-state index is -0.865. The Labute approximate surface area is 576 Å². The Morgan fingerprint density at radius 3 is 0.465 bits per heavy atom. The van der Waals surface area contributed by atoms with Crippen molar-refractivity contribution in [1.82, 2.24) is 0 Å². The predicted octanol–water partition coefficient (Wildman–Crippen LogP) is 17.1. The molecule has 9 rings (SSSR count). The summed E-state index contributed by atoms with van der Waals surface area (Å²) >= 11 is 0. The lowest BCUT2D eigenvalue weighted by molar-refractivity contribution is -0.136. The van der Waals surface area contributed by atoms with E-state index in [1.54, 1.807) is 206 Å². The first kappa shape index (κ1) is 84.0. The Morgan fingerprint density at radius 2 is 0.343 bits per heavy atom. The highest BCUT2D eigenvalue weighted by molar-refractivity contribution is 5.70. The van der Waals surface area contributed by atoms with Crippen molar-refractivity contribution in [3.63, 3.8) is 0 Å². The third-order valence-corrected chi connectivity index (χ3v) is 12.0. The molecular formula is C80H88O19. The molecule has 0 spiro atoms. The van der Waals surface area contributed by atoms with E-state index in [1.165, 1.54) is 12.1 Å². The lowest BCUT2D eigenvalue weighted by Crippen LogP contribution is -1.98. The summed E-state index contributed by atoms with van der Waals surface area (Å²) in [5, 5.41) is 159. The van der Waals surface area contributed by atoms with Gasteiger partial charge < -0.3 is 91.9 Å². The standard InChI is InChI=1S/8C9H10O2.C8H8O3/c8*1-7(10)6-8-2-4-9(11)5-3-8;9-7-3-1-6(2-4-7)5-8(10)11/h8*2-5,10-11H,1,6H2;1-4,9H,5H2,(H,10,11)/i10+2;;;;;;;;9+2. The Hall–Kier alpha value is -13.0. The average Bonchev–Trinajstić information content (AvgIpc) is 2.57. The van der Waals surface area contributed by atoms with Crippen molar-refractivity contribution in [1.29, 1.82) is 0 Å². The number of aliphatic carboxylic acids is 1. The van der Waals surface area contributed by atoms with Gasteiger partial charge in [-0.05, 0) is 159 Å². The second kappa shape index (κ2) is 46.9. The summed E-state index contributed by atoms with van der Waals surface area (Å²) in [4.78, 5) is 10.2. The van der Waals surface area contributed by atoms with Crippen LogP contribution in [0.3, 0.4) is 0 Å². The van der Waals surface area contributed by atoms with Crippen molar-refractivity contribution in [2.75, 3.05) is 0 Å². The molecule has 99 heavy (non-hydrogen) atoms. The number of aliphatic hydroxyl groups is 8. The number of phenolic OH excluding ortho intramolecular Hbond substituents is 9. The maximum atomic E-state index is 10.2. The topological polar surface area (TPSA) is 381 Å². The predicted molar refractivity (Wildman–Crippen MR) is 388 cm³/mol. The summed E-state index contributed by atoms with van der Waals surface area (Å²) < 4.78 is 0. The molecule has 0 saturated heterocycles. The molecule has 0 heterocycles. The van der Waals surface area contributed by atoms with Gasteiger partial charge in [0.25, 0.3) is 0 Å². The minimum Gasteiger partial charge on any atom is -0.513 e. The van der Waals surface area contributed by atoms with Gasteiger partial charge in [-0.3, -0.25) is 4.79 Å².